The van der Waals surface area contributed by atoms with E-state index in [0.29, 0.717) is 27.8 Å². The predicted octanol–water partition coefficient (Wildman–Crippen LogP) is 4.03. The number of nitrogens with zero attached hydrogens (tertiary/aromatic N) is 1. The van der Waals surface area contributed by atoms with E-state index in [-0.39, 0.29) is 10.8 Å². The van der Waals surface area contributed by atoms with Crippen molar-refractivity contribution in [2.45, 2.75) is 38.4 Å². The molecule has 1 aromatic carbocycles. The second kappa shape index (κ2) is 7.22. The molecule has 25 heavy (non-hydrogen) atoms. The normalized spacial score (nSPS) is 15.5. The van der Waals surface area contributed by atoms with Gasteiger partial charge in [-0.15, -0.1) is 0 Å². The molecule has 1 atom stereocenters. The SMILES string of the molecule is Cc1ccc(Nc2c(NS(=O)C3CCC3)cc(C)c(=O)n2C)c(Cl)c1. The Balaban J connectivity index is 1.99. The molecule has 7 heteroatoms. The molecule has 0 amide bonds. The fraction of sp³-hybridized carbons (Fsp3) is 0.389. The van der Waals surface area contributed by atoms with Crippen LogP contribution >= 0.6 is 11.6 Å². The maximum absolute atomic E-state index is 12.5. The van der Waals surface area contributed by atoms with E-state index in [0.717, 1.165) is 24.8 Å². The third-order valence-corrected chi connectivity index (χ3v) is 6.35. The minimum absolute atomic E-state index is 0.106. The minimum atomic E-state index is -1.17. The van der Waals surface area contributed by atoms with Crippen LogP contribution < -0.4 is 15.6 Å². The van der Waals surface area contributed by atoms with Gasteiger partial charge < -0.3 is 10.0 Å². The highest BCUT2D eigenvalue weighted by Crippen LogP contribution is 2.32. The van der Waals surface area contributed by atoms with E-state index in [2.05, 4.69) is 10.0 Å². The molecule has 5 nitrogen and oxygen atoms in total. The van der Waals surface area contributed by atoms with E-state index in [1.54, 1.807) is 20.0 Å². The highest BCUT2D eigenvalue weighted by atomic mass is 35.5. The summed E-state index contributed by atoms with van der Waals surface area (Å²) >= 11 is 6.31. The molecule has 0 radical (unpaired) electrons. The van der Waals surface area contributed by atoms with Gasteiger partial charge in [0.05, 0.1) is 21.6 Å². The van der Waals surface area contributed by atoms with E-state index in [1.165, 1.54) is 4.57 Å². The summed E-state index contributed by atoms with van der Waals surface area (Å²) in [5.74, 6) is 0.550. The molecule has 1 aliphatic carbocycles. The number of hydrogen-bond donors (Lipinski definition) is 2. The molecule has 0 spiro atoms. The Morgan fingerprint density at radius 3 is 2.52 bits per heavy atom. The standard InChI is InChI=1S/C18H22ClN3O2S/c1-11-7-8-15(14(19)9-11)20-17-16(10-12(2)18(23)22(17)3)21-25(24)13-5-4-6-13/h7-10,13,20-21H,4-6H2,1-3H3. The van der Waals surface area contributed by atoms with Crippen molar-refractivity contribution in [3.05, 3.63) is 50.8 Å². The Labute approximate surface area is 155 Å². The summed E-state index contributed by atoms with van der Waals surface area (Å²) in [4.78, 5) is 12.3. The molecule has 0 aliphatic heterocycles. The number of halogens is 1. The maximum atomic E-state index is 12.5. The van der Waals surface area contributed by atoms with Crippen LogP contribution in [0.25, 0.3) is 0 Å². The van der Waals surface area contributed by atoms with Gasteiger partial charge in [0, 0.05) is 12.6 Å². The third-order valence-electron chi connectivity index (χ3n) is 4.54. The first kappa shape index (κ1) is 18.0. The fourth-order valence-corrected chi connectivity index (χ4v) is 4.33. The van der Waals surface area contributed by atoms with Crippen LogP contribution in [0, 0.1) is 13.8 Å². The molecule has 2 aromatic rings. The zero-order valence-corrected chi connectivity index (χ0v) is 16.1. The second-order valence-corrected chi connectivity index (χ2v) is 8.39. The third kappa shape index (κ3) is 3.75. The fourth-order valence-electron chi connectivity index (χ4n) is 2.75. The van der Waals surface area contributed by atoms with E-state index >= 15 is 0 Å². The van der Waals surface area contributed by atoms with Crippen LogP contribution in [0.3, 0.4) is 0 Å². The zero-order chi connectivity index (χ0) is 18.1. The van der Waals surface area contributed by atoms with Gasteiger partial charge >= 0.3 is 0 Å². The van der Waals surface area contributed by atoms with Crippen molar-refractivity contribution in [3.63, 3.8) is 0 Å². The lowest BCUT2D eigenvalue weighted by Gasteiger charge is -2.26. The molecule has 2 N–H and O–H groups in total. The van der Waals surface area contributed by atoms with Gasteiger partial charge in [-0.05, 0) is 50.5 Å². The van der Waals surface area contributed by atoms with Crippen molar-refractivity contribution in [1.29, 1.82) is 0 Å². The monoisotopic (exact) mass is 379 g/mol. The zero-order valence-electron chi connectivity index (χ0n) is 14.6. The number of aromatic nitrogens is 1. The van der Waals surface area contributed by atoms with Gasteiger partial charge in [0.15, 0.2) is 0 Å². The number of benzene rings is 1. The Morgan fingerprint density at radius 2 is 1.92 bits per heavy atom. The van der Waals surface area contributed by atoms with E-state index < -0.39 is 11.0 Å². The first-order chi connectivity index (χ1) is 11.9. The Morgan fingerprint density at radius 1 is 1.20 bits per heavy atom. The van der Waals surface area contributed by atoms with Crippen LogP contribution in [0.4, 0.5) is 17.2 Å². The number of hydrogen-bond acceptors (Lipinski definition) is 3. The summed E-state index contributed by atoms with van der Waals surface area (Å²) in [6.45, 7) is 3.72. The summed E-state index contributed by atoms with van der Waals surface area (Å²) in [5.41, 5.74) is 2.88. The predicted molar refractivity (Wildman–Crippen MR) is 105 cm³/mol. The molecule has 134 valence electrons. The summed E-state index contributed by atoms with van der Waals surface area (Å²) in [7, 11) is 0.524. The molecule has 1 aliphatic rings. The van der Waals surface area contributed by atoms with Crippen molar-refractivity contribution >= 4 is 39.8 Å². The minimum Gasteiger partial charge on any atom is -0.339 e. The number of rotatable bonds is 5. The van der Waals surface area contributed by atoms with Gasteiger partial charge in [0.25, 0.3) is 5.56 Å². The lowest BCUT2D eigenvalue weighted by atomic mass is 10.0. The summed E-state index contributed by atoms with van der Waals surface area (Å²) < 4.78 is 17.1. The molecule has 1 heterocycles. The van der Waals surface area contributed by atoms with Crippen LogP contribution in [-0.2, 0) is 18.0 Å². The summed E-state index contributed by atoms with van der Waals surface area (Å²) in [6.07, 6.45) is 3.06. The van der Waals surface area contributed by atoms with Crippen molar-refractivity contribution < 1.29 is 4.21 Å². The van der Waals surface area contributed by atoms with E-state index in [1.807, 2.05) is 25.1 Å². The van der Waals surface area contributed by atoms with Gasteiger partial charge in [-0.25, -0.2) is 4.21 Å². The molecule has 1 saturated carbocycles. The molecule has 0 saturated heterocycles. The van der Waals surface area contributed by atoms with Crippen molar-refractivity contribution in [2.75, 3.05) is 10.0 Å². The van der Waals surface area contributed by atoms with Crippen LogP contribution in [0.2, 0.25) is 5.02 Å². The first-order valence-corrected chi connectivity index (χ1v) is 9.87. The summed E-state index contributed by atoms with van der Waals surface area (Å²) in [5, 5.41) is 3.96. The maximum Gasteiger partial charge on any atom is 0.254 e. The van der Waals surface area contributed by atoms with Crippen molar-refractivity contribution in [3.8, 4) is 0 Å². The van der Waals surface area contributed by atoms with Gasteiger partial charge in [-0.3, -0.25) is 9.36 Å². The molecule has 1 aromatic heterocycles. The van der Waals surface area contributed by atoms with Crippen molar-refractivity contribution in [2.24, 2.45) is 7.05 Å². The molecule has 3 rings (SSSR count). The van der Waals surface area contributed by atoms with Crippen LogP contribution in [0.1, 0.15) is 30.4 Å². The molecule has 1 unspecified atom stereocenters. The number of pyridine rings is 1. The largest absolute Gasteiger partial charge is 0.339 e. The highest BCUT2D eigenvalue weighted by Gasteiger charge is 2.25. The van der Waals surface area contributed by atoms with Gasteiger partial charge in [-0.2, -0.15) is 0 Å². The molecular weight excluding hydrogens is 358 g/mol. The van der Waals surface area contributed by atoms with Crippen LogP contribution in [-0.4, -0.2) is 14.0 Å². The van der Waals surface area contributed by atoms with Crippen LogP contribution in [0.5, 0.6) is 0 Å². The van der Waals surface area contributed by atoms with E-state index in [9.17, 15) is 9.00 Å². The second-order valence-electron chi connectivity index (χ2n) is 6.51. The Kier molecular flexibility index (Phi) is 5.20. The number of aryl methyl sites for hydroxylation is 2. The van der Waals surface area contributed by atoms with Crippen molar-refractivity contribution in [1.82, 2.24) is 4.57 Å². The smallest absolute Gasteiger partial charge is 0.254 e. The number of nitrogens with one attached hydrogen (secondary N) is 2. The van der Waals surface area contributed by atoms with Gasteiger partial charge in [0.2, 0.25) is 0 Å². The lowest BCUT2D eigenvalue weighted by Crippen LogP contribution is -2.29. The molecule has 1 fully saturated rings. The molecular formula is C18H22ClN3O2S. The Hall–Kier alpha value is -1.79. The van der Waals surface area contributed by atoms with Crippen LogP contribution in [0.15, 0.2) is 29.1 Å². The number of anilines is 3. The Bertz CT molecular complexity index is 891. The van der Waals surface area contributed by atoms with Gasteiger partial charge in [0.1, 0.15) is 16.8 Å². The van der Waals surface area contributed by atoms with Gasteiger partial charge in [-0.1, -0.05) is 24.1 Å². The quantitative estimate of drug-likeness (QED) is 0.824. The topological polar surface area (TPSA) is 63.1 Å². The summed E-state index contributed by atoms with van der Waals surface area (Å²) in [6, 6.07) is 7.41. The lowest BCUT2D eigenvalue weighted by molar-refractivity contribution is 0.506. The highest BCUT2D eigenvalue weighted by molar-refractivity contribution is 7.87. The van der Waals surface area contributed by atoms with E-state index in [4.69, 9.17) is 11.6 Å². The average Bonchev–Trinajstić information content (AvgIpc) is 2.49. The average molecular weight is 380 g/mol. The molecule has 0 bridgehead atoms. The first-order valence-electron chi connectivity index (χ1n) is 8.28.